The molecule has 0 saturated carbocycles. The molecule has 1 aliphatic rings. The number of ketones is 1. The van der Waals surface area contributed by atoms with Gasteiger partial charge in [-0.25, -0.2) is 0 Å². The molecule has 0 atom stereocenters. The Bertz CT molecular complexity index is 628. The van der Waals surface area contributed by atoms with Crippen LogP contribution in [0.1, 0.15) is 49.9 Å². The Kier molecular flexibility index (Phi) is 3.09. The summed E-state index contributed by atoms with van der Waals surface area (Å²) in [6, 6.07) is 4.35. The topological polar surface area (TPSA) is 22.0 Å². The molecule has 100 valence electrons. The second-order valence-corrected chi connectivity index (χ2v) is 6.80. The van der Waals surface area contributed by atoms with Crippen LogP contribution in [0.5, 0.6) is 0 Å². The highest BCUT2D eigenvalue weighted by atomic mass is 32.1. The number of hydrogen-bond acceptors (Lipinski definition) is 2. The van der Waals surface area contributed by atoms with Crippen LogP contribution in [0, 0.1) is 20.8 Å². The van der Waals surface area contributed by atoms with Gasteiger partial charge in [0, 0.05) is 33.1 Å². The van der Waals surface area contributed by atoms with E-state index in [9.17, 15) is 4.79 Å². The average molecular weight is 273 g/mol. The summed E-state index contributed by atoms with van der Waals surface area (Å²) in [5.41, 5.74) is 4.80. The number of nitrogens with zero attached hydrogens (tertiary/aromatic N) is 1. The first-order valence-corrected chi connectivity index (χ1v) is 7.66. The highest BCUT2D eigenvalue weighted by Crippen LogP contribution is 2.28. The van der Waals surface area contributed by atoms with Gasteiger partial charge in [-0.3, -0.25) is 4.79 Å². The second kappa shape index (κ2) is 4.64. The van der Waals surface area contributed by atoms with Gasteiger partial charge in [-0.1, -0.05) is 0 Å². The number of fused-ring (bicyclic) bond motifs is 1. The molecule has 3 rings (SSSR count). The molecule has 19 heavy (non-hydrogen) atoms. The summed E-state index contributed by atoms with van der Waals surface area (Å²) < 4.78 is 2.33. The standard InChI is InChI=1S/C16H19NOS/c1-10-7-13(19-12(10)3)9-17-11(2)8-14-15(17)5-4-6-16(14)18/h7-8H,4-6,9H2,1-3H3. The van der Waals surface area contributed by atoms with E-state index in [1.54, 1.807) is 0 Å². The first-order chi connectivity index (χ1) is 9.06. The van der Waals surface area contributed by atoms with Crippen molar-refractivity contribution < 1.29 is 4.79 Å². The summed E-state index contributed by atoms with van der Waals surface area (Å²) >= 11 is 1.87. The van der Waals surface area contributed by atoms with Crippen molar-refractivity contribution in [2.45, 2.75) is 46.6 Å². The highest BCUT2D eigenvalue weighted by molar-refractivity contribution is 7.12. The minimum atomic E-state index is 0.321. The molecule has 1 aliphatic carbocycles. The van der Waals surface area contributed by atoms with Crippen LogP contribution in [0.25, 0.3) is 0 Å². The summed E-state index contributed by atoms with van der Waals surface area (Å²) in [5.74, 6) is 0.321. The lowest BCUT2D eigenvalue weighted by molar-refractivity contribution is 0.0972. The van der Waals surface area contributed by atoms with E-state index in [1.807, 2.05) is 11.3 Å². The van der Waals surface area contributed by atoms with Crippen LogP contribution in [-0.2, 0) is 13.0 Å². The summed E-state index contributed by atoms with van der Waals surface area (Å²) in [7, 11) is 0. The molecular weight excluding hydrogens is 254 g/mol. The predicted octanol–water partition coefficient (Wildman–Crippen LogP) is 4.04. The second-order valence-electron chi connectivity index (χ2n) is 5.46. The number of thiophene rings is 1. The maximum atomic E-state index is 12.0. The molecule has 0 spiro atoms. The zero-order valence-electron chi connectivity index (χ0n) is 11.7. The molecule has 0 unspecified atom stereocenters. The quantitative estimate of drug-likeness (QED) is 0.809. The van der Waals surface area contributed by atoms with Crippen LogP contribution in [0.3, 0.4) is 0 Å². The normalized spacial score (nSPS) is 14.8. The Morgan fingerprint density at radius 2 is 2.00 bits per heavy atom. The average Bonchev–Trinajstić information content (AvgIpc) is 2.84. The highest BCUT2D eigenvalue weighted by Gasteiger charge is 2.22. The van der Waals surface area contributed by atoms with E-state index >= 15 is 0 Å². The lowest BCUT2D eigenvalue weighted by Crippen LogP contribution is -2.13. The van der Waals surface area contributed by atoms with Crippen molar-refractivity contribution in [1.82, 2.24) is 4.57 Å². The van der Waals surface area contributed by atoms with Gasteiger partial charge in [0.1, 0.15) is 0 Å². The van der Waals surface area contributed by atoms with E-state index < -0.39 is 0 Å². The fraction of sp³-hybridized carbons (Fsp3) is 0.438. The molecule has 3 heteroatoms. The zero-order chi connectivity index (χ0) is 13.6. The van der Waals surface area contributed by atoms with Crippen LogP contribution in [-0.4, -0.2) is 10.4 Å². The Balaban J connectivity index is 1.99. The summed E-state index contributed by atoms with van der Waals surface area (Å²) in [4.78, 5) is 14.7. The van der Waals surface area contributed by atoms with Gasteiger partial charge in [0.15, 0.2) is 5.78 Å². The van der Waals surface area contributed by atoms with Crippen molar-refractivity contribution in [1.29, 1.82) is 0 Å². The third kappa shape index (κ3) is 2.16. The van der Waals surface area contributed by atoms with E-state index in [1.165, 1.54) is 26.7 Å². The lowest BCUT2D eigenvalue weighted by Gasteiger charge is -2.15. The molecule has 0 aliphatic heterocycles. The SMILES string of the molecule is Cc1cc(Cn2c(C)cc3c2CCCC3=O)sc1C. The molecule has 0 saturated heterocycles. The Hall–Kier alpha value is -1.35. The van der Waals surface area contributed by atoms with E-state index in [0.717, 1.165) is 24.9 Å². The Morgan fingerprint density at radius 3 is 2.68 bits per heavy atom. The van der Waals surface area contributed by atoms with Gasteiger partial charge in [0.05, 0.1) is 6.54 Å². The number of rotatable bonds is 2. The number of hydrogen-bond donors (Lipinski definition) is 0. The minimum absolute atomic E-state index is 0.321. The van der Waals surface area contributed by atoms with E-state index in [2.05, 4.69) is 37.5 Å². The van der Waals surface area contributed by atoms with Crippen molar-refractivity contribution in [2.24, 2.45) is 0 Å². The van der Waals surface area contributed by atoms with Gasteiger partial charge >= 0.3 is 0 Å². The number of carbonyl (C=O) groups is 1. The molecule has 0 bridgehead atoms. The van der Waals surface area contributed by atoms with Crippen LogP contribution >= 0.6 is 11.3 Å². The Morgan fingerprint density at radius 1 is 1.21 bits per heavy atom. The van der Waals surface area contributed by atoms with Gasteiger partial charge in [-0.2, -0.15) is 0 Å². The molecule has 2 aromatic heterocycles. The van der Waals surface area contributed by atoms with E-state index in [0.29, 0.717) is 12.2 Å². The van der Waals surface area contributed by atoms with Crippen molar-refractivity contribution >= 4 is 17.1 Å². The molecule has 0 amide bonds. The third-order valence-electron chi connectivity index (χ3n) is 4.06. The molecule has 2 aromatic rings. The molecule has 2 heterocycles. The zero-order valence-corrected chi connectivity index (χ0v) is 12.6. The smallest absolute Gasteiger partial charge is 0.164 e. The molecule has 0 fully saturated rings. The van der Waals surface area contributed by atoms with Crippen molar-refractivity contribution in [2.75, 3.05) is 0 Å². The predicted molar refractivity (Wildman–Crippen MR) is 79.3 cm³/mol. The molecule has 0 aromatic carbocycles. The Labute approximate surface area is 118 Å². The minimum Gasteiger partial charge on any atom is -0.343 e. The van der Waals surface area contributed by atoms with Gasteiger partial charge in [0.2, 0.25) is 0 Å². The number of Topliss-reactive ketones (excluding diaryl/α,β-unsaturated/α-hetero) is 1. The fourth-order valence-corrected chi connectivity index (χ4v) is 3.94. The van der Waals surface area contributed by atoms with Gasteiger partial charge in [-0.05, 0) is 51.3 Å². The number of carbonyl (C=O) groups excluding carboxylic acids is 1. The largest absolute Gasteiger partial charge is 0.343 e. The first kappa shape index (κ1) is 12.7. The van der Waals surface area contributed by atoms with Crippen molar-refractivity contribution in [3.8, 4) is 0 Å². The number of aromatic nitrogens is 1. The van der Waals surface area contributed by atoms with Gasteiger partial charge in [0.25, 0.3) is 0 Å². The van der Waals surface area contributed by atoms with Crippen molar-refractivity contribution in [3.05, 3.63) is 44.4 Å². The van der Waals surface area contributed by atoms with Crippen LogP contribution in [0.15, 0.2) is 12.1 Å². The first-order valence-electron chi connectivity index (χ1n) is 6.84. The van der Waals surface area contributed by atoms with E-state index in [4.69, 9.17) is 0 Å². The maximum Gasteiger partial charge on any atom is 0.164 e. The molecule has 0 radical (unpaired) electrons. The maximum absolute atomic E-state index is 12.0. The molecular formula is C16H19NOS. The van der Waals surface area contributed by atoms with Crippen LogP contribution in [0.2, 0.25) is 0 Å². The van der Waals surface area contributed by atoms with Gasteiger partial charge in [-0.15, -0.1) is 11.3 Å². The van der Waals surface area contributed by atoms with Gasteiger partial charge < -0.3 is 4.57 Å². The fourth-order valence-electron chi connectivity index (χ4n) is 2.89. The van der Waals surface area contributed by atoms with E-state index in [-0.39, 0.29) is 0 Å². The molecule has 0 N–H and O–H groups in total. The summed E-state index contributed by atoms with van der Waals surface area (Å²) in [5, 5.41) is 0. The molecule has 2 nitrogen and oxygen atoms in total. The monoisotopic (exact) mass is 273 g/mol. The summed E-state index contributed by atoms with van der Waals surface area (Å²) in [6.07, 6.45) is 2.75. The van der Waals surface area contributed by atoms with Crippen LogP contribution in [0.4, 0.5) is 0 Å². The lowest BCUT2D eigenvalue weighted by atomic mass is 9.97. The van der Waals surface area contributed by atoms with Crippen LogP contribution < -0.4 is 0 Å². The summed E-state index contributed by atoms with van der Waals surface area (Å²) in [6.45, 7) is 7.36. The third-order valence-corrected chi connectivity index (χ3v) is 5.20. The number of aryl methyl sites for hydroxylation is 3. The van der Waals surface area contributed by atoms with Crippen molar-refractivity contribution in [3.63, 3.8) is 0 Å².